The normalized spacial score (nSPS) is 20.8. The van der Waals surface area contributed by atoms with Crippen molar-refractivity contribution in [1.82, 2.24) is 5.32 Å². The van der Waals surface area contributed by atoms with Gasteiger partial charge in [0.1, 0.15) is 5.75 Å². The lowest BCUT2D eigenvalue weighted by Gasteiger charge is -2.21. The Balaban J connectivity index is 2.07. The van der Waals surface area contributed by atoms with Crippen LogP contribution in [0.4, 0.5) is 4.79 Å². The van der Waals surface area contributed by atoms with Gasteiger partial charge < -0.3 is 19.4 Å². The fraction of sp³-hybridized carbons (Fsp3) is 0.562. The summed E-state index contributed by atoms with van der Waals surface area (Å²) >= 11 is 0. The lowest BCUT2D eigenvalue weighted by molar-refractivity contribution is 0.0842. The molecular formula is C16H24BNO4. The molecule has 1 aliphatic heterocycles. The first-order valence-corrected chi connectivity index (χ1v) is 7.50. The zero-order valence-electron chi connectivity index (χ0n) is 14.1. The van der Waals surface area contributed by atoms with Gasteiger partial charge in [0, 0.05) is 5.54 Å². The number of hydrogen-bond donors (Lipinski definition) is 1. The molecule has 1 heterocycles. The van der Waals surface area contributed by atoms with Crippen LogP contribution in [0.3, 0.4) is 0 Å². The van der Waals surface area contributed by atoms with Crippen LogP contribution in [-0.2, 0) is 9.31 Å². The number of carbonyl (C=O) groups excluding carboxylic acids is 1. The Hall–Kier alpha value is -1.53. The zero-order chi connectivity index (χ0) is 16.5. The molecule has 0 aliphatic carbocycles. The molecule has 1 N–H and O–H groups in total. The van der Waals surface area contributed by atoms with E-state index in [1.165, 1.54) is 0 Å². The molecule has 0 bridgehead atoms. The molecule has 0 saturated carbocycles. The number of carbonyl (C=O) groups is 1. The minimum atomic E-state index is -0.480. The van der Waals surface area contributed by atoms with Gasteiger partial charge in [-0.05, 0) is 59.1 Å². The summed E-state index contributed by atoms with van der Waals surface area (Å²) in [6, 6.07) is 7.21. The smallest absolute Gasteiger partial charge is 0.410 e. The van der Waals surface area contributed by atoms with Crippen LogP contribution in [-0.4, -0.2) is 30.5 Å². The van der Waals surface area contributed by atoms with Gasteiger partial charge in [0.25, 0.3) is 0 Å². The van der Waals surface area contributed by atoms with Gasteiger partial charge in [-0.3, -0.25) is 0 Å². The van der Waals surface area contributed by atoms with Crippen molar-refractivity contribution < 1.29 is 18.8 Å². The Morgan fingerprint density at radius 1 is 1.36 bits per heavy atom. The van der Waals surface area contributed by atoms with Crippen LogP contribution in [0, 0.1) is 0 Å². The van der Waals surface area contributed by atoms with Gasteiger partial charge in [0.15, 0.2) is 0 Å². The van der Waals surface area contributed by atoms with Gasteiger partial charge >= 0.3 is 13.2 Å². The fourth-order valence-electron chi connectivity index (χ4n) is 2.06. The predicted molar refractivity (Wildman–Crippen MR) is 86.5 cm³/mol. The highest BCUT2D eigenvalue weighted by Gasteiger charge is 2.43. The Morgan fingerprint density at radius 3 is 2.59 bits per heavy atom. The summed E-state index contributed by atoms with van der Waals surface area (Å²) in [5, 5.41) is 2.75. The molecule has 0 aromatic heterocycles. The third-order valence-corrected chi connectivity index (χ3v) is 3.54. The summed E-state index contributed by atoms with van der Waals surface area (Å²) in [6.07, 6.45) is -0.488. The molecule has 1 unspecified atom stereocenters. The van der Waals surface area contributed by atoms with Crippen molar-refractivity contribution in [1.29, 1.82) is 0 Å². The summed E-state index contributed by atoms with van der Waals surface area (Å²) in [6.45, 7) is 11.7. The SMILES string of the molecule is CC1OB(c2cccc(OC(=O)NC(C)(C)C)c2)OC1(C)C. The second kappa shape index (κ2) is 5.93. The molecule has 0 radical (unpaired) electrons. The van der Waals surface area contributed by atoms with Gasteiger partial charge in [-0.1, -0.05) is 12.1 Å². The molecule has 2 rings (SSSR count). The van der Waals surface area contributed by atoms with Crippen molar-refractivity contribution in [2.75, 3.05) is 0 Å². The summed E-state index contributed by atoms with van der Waals surface area (Å²) in [5.41, 5.74) is 0.148. The van der Waals surface area contributed by atoms with Crippen LogP contribution in [0.2, 0.25) is 0 Å². The van der Waals surface area contributed by atoms with Crippen LogP contribution in [0.15, 0.2) is 24.3 Å². The van der Waals surface area contributed by atoms with E-state index in [0.29, 0.717) is 5.75 Å². The number of nitrogens with one attached hydrogen (secondary N) is 1. The maximum absolute atomic E-state index is 11.8. The number of rotatable bonds is 2. The third-order valence-electron chi connectivity index (χ3n) is 3.54. The first kappa shape index (κ1) is 16.8. The van der Waals surface area contributed by atoms with Crippen LogP contribution in [0.25, 0.3) is 0 Å². The van der Waals surface area contributed by atoms with Crippen molar-refractivity contribution in [2.24, 2.45) is 0 Å². The maximum Gasteiger partial charge on any atom is 0.494 e. The Bertz CT molecular complexity index is 553. The van der Waals surface area contributed by atoms with Crippen molar-refractivity contribution in [3.63, 3.8) is 0 Å². The van der Waals surface area contributed by atoms with Crippen molar-refractivity contribution in [3.05, 3.63) is 24.3 Å². The molecule has 1 aromatic carbocycles. The molecule has 6 heteroatoms. The van der Waals surface area contributed by atoms with Crippen LogP contribution >= 0.6 is 0 Å². The van der Waals surface area contributed by atoms with Crippen LogP contribution < -0.4 is 15.5 Å². The highest BCUT2D eigenvalue weighted by atomic mass is 16.7. The number of benzene rings is 1. The largest absolute Gasteiger partial charge is 0.494 e. The summed E-state index contributed by atoms with van der Waals surface area (Å²) in [7, 11) is -0.445. The van der Waals surface area contributed by atoms with Gasteiger partial charge in [-0.15, -0.1) is 0 Å². The van der Waals surface area contributed by atoms with E-state index >= 15 is 0 Å². The quantitative estimate of drug-likeness (QED) is 0.853. The van der Waals surface area contributed by atoms with Gasteiger partial charge in [0.05, 0.1) is 11.7 Å². The number of hydrogen-bond acceptors (Lipinski definition) is 4. The Labute approximate surface area is 132 Å². The topological polar surface area (TPSA) is 56.8 Å². The first-order valence-electron chi connectivity index (χ1n) is 7.50. The van der Waals surface area contributed by atoms with Gasteiger partial charge in [-0.25, -0.2) is 4.79 Å². The van der Waals surface area contributed by atoms with Gasteiger partial charge in [-0.2, -0.15) is 0 Å². The lowest BCUT2D eigenvalue weighted by Crippen LogP contribution is -2.42. The molecule has 22 heavy (non-hydrogen) atoms. The molecule has 1 aliphatic rings. The standard InChI is InChI=1S/C16H24BNO4/c1-11-16(5,6)22-17(21-11)12-8-7-9-13(10-12)20-14(19)18-15(2,3)4/h7-11H,1-6H3,(H,18,19). The molecule has 1 saturated heterocycles. The minimum Gasteiger partial charge on any atom is -0.410 e. The second-order valence-corrected chi connectivity index (χ2v) is 7.17. The minimum absolute atomic E-state index is 0.00809. The summed E-state index contributed by atoms with van der Waals surface area (Å²) in [5.74, 6) is 0.462. The Kier molecular flexibility index (Phi) is 4.54. The molecule has 1 fully saturated rings. The predicted octanol–water partition coefficient (Wildman–Crippen LogP) is 2.48. The summed E-state index contributed by atoms with van der Waals surface area (Å²) in [4.78, 5) is 11.8. The summed E-state index contributed by atoms with van der Waals surface area (Å²) < 4.78 is 17.0. The Morgan fingerprint density at radius 2 is 2.05 bits per heavy atom. The highest BCUT2D eigenvalue weighted by molar-refractivity contribution is 6.62. The van der Waals surface area contributed by atoms with Crippen LogP contribution in [0.1, 0.15) is 41.5 Å². The lowest BCUT2D eigenvalue weighted by atomic mass is 9.79. The fourth-order valence-corrected chi connectivity index (χ4v) is 2.06. The third kappa shape index (κ3) is 4.24. The molecule has 5 nitrogen and oxygen atoms in total. The van der Waals surface area contributed by atoms with E-state index < -0.39 is 13.2 Å². The van der Waals surface area contributed by atoms with E-state index in [1.807, 2.05) is 53.7 Å². The van der Waals surface area contributed by atoms with E-state index in [-0.39, 0.29) is 17.2 Å². The molecule has 120 valence electrons. The number of ether oxygens (including phenoxy) is 1. The van der Waals surface area contributed by atoms with E-state index in [0.717, 1.165) is 5.46 Å². The zero-order valence-corrected chi connectivity index (χ0v) is 14.1. The van der Waals surface area contributed by atoms with Gasteiger partial charge in [0.2, 0.25) is 0 Å². The molecular weight excluding hydrogens is 281 g/mol. The molecule has 1 atom stereocenters. The average Bonchev–Trinajstić information content (AvgIpc) is 2.62. The molecule has 1 aromatic rings. The number of amides is 1. The highest BCUT2D eigenvalue weighted by Crippen LogP contribution is 2.27. The van der Waals surface area contributed by atoms with Crippen molar-refractivity contribution in [2.45, 2.75) is 58.8 Å². The molecule has 0 spiro atoms. The van der Waals surface area contributed by atoms with Crippen molar-refractivity contribution in [3.8, 4) is 5.75 Å². The first-order chi connectivity index (χ1) is 10.1. The van der Waals surface area contributed by atoms with E-state index in [2.05, 4.69) is 5.32 Å². The average molecular weight is 305 g/mol. The van der Waals surface area contributed by atoms with Crippen LogP contribution in [0.5, 0.6) is 5.75 Å². The van der Waals surface area contributed by atoms with E-state index in [4.69, 9.17) is 14.0 Å². The maximum atomic E-state index is 11.8. The monoisotopic (exact) mass is 305 g/mol. The van der Waals surface area contributed by atoms with E-state index in [9.17, 15) is 4.79 Å². The second-order valence-electron chi connectivity index (χ2n) is 7.17. The molecule has 1 amide bonds. The van der Waals surface area contributed by atoms with Crippen molar-refractivity contribution >= 4 is 18.7 Å². The van der Waals surface area contributed by atoms with E-state index in [1.54, 1.807) is 12.1 Å².